The van der Waals surface area contributed by atoms with Crippen molar-refractivity contribution in [2.75, 3.05) is 31.6 Å². The first-order valence-electron chi connectivity index (χ1n) is 9.56. The topological polar surface area (TPSA) is 58.6 Å². The van der Waals surface area contributed by atoms with Crippen LogP contribution in [0.15, 0.2) is 18.2 Å². The highest BCUT2D eigenvalue weighted by Gasteiger charge is 2.59. The van der Waals surface area contributed by atoms with Crippen molar-refractivity contribution in [3.05, 3.63) is 29.3 Å². The minimum Gasteiger partial charge on any atom is -0.381 e. The van der Waals surface area contributed by atoms with Crippen LogP contribution in [0.3, 0.4) is 0 Å². The largest absolute Gasteiger partial charge is 0.416 e. The number of aryl methyl sites for hydroxylation is 1. The van der Waals surface area contributed by atoms with Crippen LogP contribution in [0.2, 0.25) is 0 Å². The predicted octanol–water partition coefficient (Wildman–Crippen LogP) is 3.23. The number of rotatable bonds is 3. The monoisotopic (exact) mass is 396 g/mol. The third-order valence-electron chi connectivity index (χ3n) is 6.48. The molecule has 1 N–H and O–H groups in total. The maximum atomic E-state index is 13.0. The molecule has 0 spiro atoms. The molecule has 0 aromatic heterocycles. The molecule has 2 aliphatic heterocycles. The zero-order valence-electron chi connectivity index (χ0n) is 15.6. The van der Waals surface area contributed by atoms with E-state index in [4.69, 9.17) is 4.74 Å². The normalized spacial score (nSPS) is 29.4. The highest BCUT2D eigenvalue weighted by Crippen LogP contribution is 2.53. The molecule has 8 heteroatoms. The zero-order chi connectivity index (χ0) is 20.1. The van der Waals surface area contributed by atoms with Gasteiger partial charge in [0.2, 0.25) is 11.8 Å². The second-order valence-electron chi connectivity index (χ2n) is 8.15. The van der Waals surface area contributed by atoms with E-state index in [2.05, 4.69) is 5.32 Å². The summed E-state index contributed by atoms with van der Waals surface area (Å²) >= 11 is 0. The van der Waals surface area contributed by atoms with Crippen LogP contribution in [0.1, 0.15) is 30.4 Å². The summed E-state index contributed by atoms with van der Waals surface area (Å²) in [6.45, 7) is 3.51. The third-order valence-corrected chi connectivity index (χ3v) is 6.48. The van der Waals surface area contributed by atoms with Crippen molar-refractivity contribution in [3.8, 4) is 0 Å². The summed E-state index contributed by atoms with van der Waals surface area (Å²) < 4.78 is 43.8. The van der Waals surface area contributed by atoms with Crippen molar-refractivity contribution >= 4 is 17.5 Å². The van der Waals surface area contributed by atoms with Crippen LogP contribution in [-0.2, 0) is 20.5 Å². The Hall–Kier alpha value is -2.09. The average molecular weight is 396 g/mol. The number of carbonyl (C=O) groups excluding carboxylic acids is 2. The number of likely N-dealkylation sites (tertiary alicyclic amines) is 1. The molecule has 0 radical (unpaired) electrons. The van der Waals surface area contributed by atoms with E-state index in [0.717, 1.165) is 18.6 Å². The standard InChI is InChI=1S/C20H23F3N2O3/c1-12-8-14(20(21,22)23)2-3-16(12)24-18(27)19-6-4-15(19)9-25(11-19)17(26)13-5-7-28-10-13/h2-3,8,13,15H,4-7,9-11H2,1H3,(H,24,27)/t13-,15-,19+/m0/s1. The van der Waals surface area contributed by atoms with E-state index in [0.29, 0.717) is 50.4 Å². The molecule has 2 saturated heterocycles. The lowest BCUT2D eigenvalue weighted by Gasteiger charge is -2.42. The molecule has 2 heterocycles. The molecule has 1 aromatic rings. The van der Waals surface area contributed by atoms with E-state index < -0.39 is 17.2 Å². The van der Waals surface area contributed by atoms with Crippen LogP contribution in [0.5, 0.6) is 0 Å². The van der Waals surface area contributed by atoms with Crippen LogP contribution in [-0.4, -0.2) is 43.0 Å². The highest BCUT2D eigenvalue weighted by atomic mass is 19.4. The molecule has 1 aliphatic carbocycles. The molecule has 5 nitrogen and oxygen atoms in total. The lowest BCUT2D eigenvalue weighted by atomic mass is 9.61. The third kappa shape index (κ3) is 3.17. The molecule has 1 aromatic carbocycles. The van der Waals surface area contributed by atoms with Gasteiger partial charge in [0.05, 0.1) is 23.5 Å². The molecule has 4 rings (SSSR count). The van der Waals surface area contributed by atoms with Gasteiger partial charge in [-0.2, -0.15) is 13.2 Å². The van der Waals surface area contributed by atoms with E-state index in [1.165, 1.54) is 6.07 Å². The number of amides is 2. The van der Waals surface area contributed by atoms with Crippen LogP contribution in [0.25, 0.3) is 0 Å². The minimum atomic E-state index is -4.42. The number of nitrogens with zero attached hydrogens (tertiary/aromatic N) is 1. The van der Waals surface area contributed by atoms with E-state index >= 15 is 0 Å². The molecule has 0 bridgehead atoms. The van der Waals surface area contributed by atoms with Crippen LogP contribution in [0.4, 0.5) is 18.9 Å². The first-order valence-corrected chi connectivity index (χ1v) is 9.56. The summed E-state index contributed by atoms with van der Waals surface area (Å²) in [6, 6.07) is 3.31. The second-order valence-corrected chi connectivity index (χ2v) is 8.15. The Kier molecular flexibility index (Phi) is 4.64. The number of fused-ring (bicyclic) bond motifs is 1. The SMILES string of the molecule is Cc1cc(C(F)(F)F)ccc1NC(=O)[C@@]12CC[C@H]1CN(C(=O)[C@H]1CCOC1)C2. The smallest absolute Gasteiger partial charge is 0.381 e. The number of hydrogen-bond donors (Lipinski definition) is 1. The lowest BCUT2D eigenvalue weighted by Crippen LogP contribution is -2.49. The molecule has 152 valence electrons. The number of benzene rings is 1. The van der Waals surface area contributed by atoms with Gasteiger partial charge in [-0.05, 0) is 55.9 Å². The zero-order valence-corrected chi connectivity index (χ0v) is 15.6. The minimum absolute atomic E-state index is 0.0461. The van der Waals surface area contributed by atoms with Crippen molar-refractivity contribution in [1.29, 1.82) is 0 Å². The number of halogens is 3. The Bertz CT molecular complexity index is 804. The fourth-order valence-electron chi connectivity index (χ4n) is 4.60. The Morgan fingerprint density at radius 2 is 2.07 bits per heavy atom. The van der Waals surface area contributed by atoms with Gasteiger partial charge in [0, 0.05) is 25.4 Å². The first kappa shape index (κ1) is 19.2. The van der Waals surface area contributed by atoms with Gasteiger partial charge < -0.3 is 15.0 Å². The second kappa shape index (κ2) is 6.76. The van der Waals surface area contributed by atoms with Gasteiger partial charge in [0.25, 0.3) is 0 Å². The number of hydrogen-bond acceptors (Lipinski definition) is 3. The van der Waals surface area contributed by atoms with Gasteiger partial charge in [0.1, 0.15) is 0 Å². The van der Waals surface area contributed by atoms with Crippen molar-refractivity contribution < 1.29 is 27.5 Å². The Morgan fingerprint density at radius 3 is 2.64 bits per heavy atom. The van der Waals surface area contributed by atoms with Gasteiger partial charge in [0.15, 0.2) is 0 Å². The Labute approximate surface area is 161 Å². The number of anilines is 1. The van der Waals surface area contributed by atoms with E-state index in [1.54, 1.807) is 11.8 Å². The summed E-state index contributed by atoms with van der Waals surface area (Å²) in [7, 11) is 0. The summed E-state index contributed by atoms with van der Waals surface area (Å²) in [5, 5.41) is 2.81. The van der Waals surface area contributed by atoms with Crippen LogP contribution < -0.4 is 5.32 Å². The summed E-state index contributed by atoms with van der Waals surface area (Å²) in [5.41, 5.74) is -0.625. The highest BCUT2D eigenvalue weighted by molar-refractivity contribution is 5.98. The quantitative estimate of drug-likeness (QED) is 0.854. The Morgan fingerprint density at radius 1 is 1.29 bits per heavy atom. The molecule has 3 fully saturated rings. The molecule has 2 amide bonds. The summed E-state index contributed by atoms with van der Waals surface area (Å²) in [4.78, 5) is 27.5. The van der Waals surface area contributed by atoms with Crippen LogP contribution >= 0.6 is 0 Å². The number of nitrogens with one attached hydrogen (secondary N) is 1. The summed E-state index contributed by atoms with van der Waals surface area (Å²) in [5.74, 6) is -0.183. The van der Waals surface area contributed by atoms with Crippen molar-refractivity contribution in [3.63, 3.8) is 0 Å². The Balaban J connectivity index is 1.47. The van der Waals surface area contributed by atoms with Gasteiger partial charge in [-0.1, -0.05) is 0 Å². The van der Waals surface area contributed by atoms with E-state index in [9.17, 15) is 22.8 Å². The fourth-order valence-corrected chi connectivity index (χ4v) is 4.60. The molecule has 1 saturated carbocycles. The number of carbonyl (C=O) groups is 2. The molecule has 3 atom stereocenters. The molecular weight excluding hydrogens is 373 g/mol. The molecule has 3 aliphatic rings. The predicted molar refractivity (Wildman–Crippen MR) is 95.5 cm³/mol. The number of alkyl halides is 3. The molecular formula is C20H23F3N2O3. The maximum absolute atomic E-state index is 13.0. The molecule has 0 unspecified atom stereocenters. The van der Waals surface area contributed by atoms with Crippen molar-refractivity contribution in [2.45, 2.75) is 32.4 Å². The maximum Gasteiger partial charge on any atom is 0.416 e. The first-order chi connectivity index (χ1) is 13.2. The van der Waals surface area contributed by atoms with E-state index in [1.807, 2.05) is 0 Å². The van der Waals surface area contributed by atoms with E-state index in [-0.39, 0.29) is 23.7 Å². The fraction of sp³-hybridized carbons (Fsp3) is 0.600. The van der Waals surface area contributed by atoms with Gasteiger partial charge in [-0.3, -0.25) is 9.59 Å². The summed E-state index contributed by atoms with van der Waals surface area (Å²) in [6.07, 6.45) is -2.14. The average Bonchev–Trinajstić information content (AvgIpc) is 3.23. The number of ether oxygens (including phenoxy) is 1. The van der Waals surface area contributed by atoms with Crippen LogP contribution in [0, 0.1) is 24.2 Å². The van der Waals surface area contributed by atoms with Gasteiger partial charge in [-0.25, -0.2) is 0 Å². The van der Waals surface area contributed by atoms with Gasteiger partial charge in [-0.15, -0.1) is 0 Å². The molecule has 28 heavy (non-hydrogen) atoms. The van der Waals surface area contributed by atoms with Gasteiger partial charge >= 0.3 is 6.18 Å². The van der Waals surface area contributed by atoms with Crippen molar-refractivity contribution in [2.24, 2.45) is 17.3 Å². The van der Waals surface area contributed by atoms with Crippen molar-refractivity contribution in [1.82, 2.24) is 4.90 Å². The lowest BCUT2D eigenvalue weighted by molar-refractivity contribution is -0.138.